The van der Waals surface area contributed by atoms with Crippen molar-refractivity contribution < 1.29 is 0 Å². The highest BCUT2D eigenvalue weighted by Gasteiger charge is 2.24. The van der Waals surface area contributed by atoms with Crippen molar-refractivity contribution in [3.63, 3.8) is 0 Å². The molecule has 5 heteroatoms. The second kappa shape index (κ2) is 5.46. The lowest BCUT2D eigenvalue weighted by molar-refractivity contribution is 0.356. The minimum atomic E-state index is -0.289. The molecule has 0 aliphatic heterocycles. The second-order valence-electron chi connectivity index (χ2n) is 4.09. The quantitative estimate of drug-likeness (QED) is 0.408. The fraction of sp³-hybridized carbons (Fsp3) is 1.00. The van der Waals surface area contributed by atoms with Gasteiger partial charge in [-0.25, -0.2) is 0 Å². The molecule has 0 radical (unpaired) electrons. The fourth-order valence-electron chi connectivity index (χ4n) is 0.664. The van der Waals surface area contributed by atoms with Crippen LogP contribution < -0.4 is 16.8 Å². The Morgan fingerprint density at radius 3 is 2.08 bits per heavy atom. The summed E-state index contributed by atoms with van der Waals surface area (Å²) in [7, 11) is 0. The molecule has 0 saturated carbocycles. The van der Waals surface area contributed by atoms with Crippen LogP contribution in [0, 0.1) is 0 Å². The third-order valence-electron chi connectivity index (χ3n) is 2.08. The Bertz CT molecular complexity index is 146. The summed E-state index contributed by atoms with van der Waals surface area (Å²) in [5.74, 6) is 1.35. The summed E-state index contributed by atoms with van der Waals surface area (Å²) in [6, 6.07) is 0. The molecule has 0 fully saturated rings. The Morgan fingerprint density at radius 2 is 1.77 bits per heavy atom. The first-order valence-corrected chi connectivity index (χ1v) is 5.61. The molecule has 0 aromatic rings. The molecule has 0 unspecified atom stereocenters. The third-order valence-corrected chi connectivity index (χ3v) is 3.50. The first-order chi connectivity index (χ1) is 5.89. The number of hydrogen-bond acceptors (Lipinski definition) is 5. The largest absolute Gasteiger partial charge is 0.329 e. The SMILES string of the molecule is C[C@@](N)(CS)CN[C@](C)(CN)CS. The molecule has 0 aliphatic carbocycles. The maximum Gasteiger partial charge on any atom is 0.0364 e. The van der Waals surface area contributed by atoms with Crippen LogP contribution in [-0.4, -0.2) is 35.7 Å². The van der Waals surface area contributed by atoms with Crippen molar-refractivity contribution in [1.29, 1.82) is 0 Å². The van der Waals surface area contributed by atoms with Gasteiger partial charge in [-0.3, -0.25) is 0 Å². The Morgan fingerprint density at radius 1 is 1.23 bits per heavy atom. The van der Waals surface area contributed by atoms with E-state index in [2.05, 4.69) is 30.6 Å². The normalized spacial score (nSPS) is 20.8. The Kier molecular flexibility index (Phi) is 5.70. The van der Waals surface area contributed by atoms with Gasteiger partial charge in [0.25, 0.3) is 0 Å². The van der Waals surface area contributed by atoms with Crippen molar-refractivity contribution >= 4 is 25.3 Å². The van der Waals surface area contributed by atoms with E-state index in [1.807, 2.05) is 13.8 Å². The number of thiol groups is 2. The monoisotopic (exact) mass is 223 g/mol. The topological polar surface area (TPSA) is 64.1 Å². The van der Waals surface area contributed by atoms with Crippen LogP contribution in [0.25, 0.3) is 0 Å². The zero-order valence-electron chi connectivity index (χ0n) is 8.38. The van der Waals surface area contributed by atoms with Gasteiger partial charge in [0.2, 0.25) is 0 Å². The molecule has 0 aliphatic rings. The first kappa shape index (κ1) is 13.6. The number of nitrogens with one attached hydrogen (secondary N) is 1. The van der Waals surface area contributed by atoms with Gasteiger partial charge in [0, 0.05) is 35.7 Å². The molecule has 3 nitrogen and oxygen atoms in total. The zero-order valence-corrected chi connectivity index (χ0v) is 10.2. The van der Waals surface area contributed by atoms with Gasteiger partial charge in [0.15, 0.2) is 0 Å². The van der Waals surface area contributed by atoms with Crippen molar-refractivity contribution in [2.75, 3.05) is 24.6 Å². The molecule has 0 rings (SSSR count). The van der Waals surface area contributed by atoms with Gasteiger partial charge in [0.1, 0.15) is 0 Å². The van der Waals surface area contributed by atoms with Gasteiger partial charge in [-0.05, 0) is 13.8 Å². The number of hydrogen-bond donors (Lipinski definition) is 5. The van der Waals surface area contributed by atoms with Gasteiger partial charge in [-0.1, -0.05) is 0 Å². The van der Waals surface area contributed by atoms with E-state index in [0.29, 0.717) is 24.6 Å². The van der Waals surface area contributed by atoms with Crippen LogP contribution in [0.15, 0.2) is 0 Å². The van der Waals surface area contributed by atoms with Gasteiger partial charge in [-0.2, -0.15) is 25.3 Å². The van der Waals surface area contributed by atoms with Gasteiger partial charge < -0.3 is 16.8 Å². The molecule has 0 heterocycles. The summed E-state index contributed by atoms with van der Waals surface area (Å²) >= 11 is 8.41. The van der Waals surface area contributed by atoms with E-state index >= 15 is 0 Å². The summed E-state index contributed by atoms with van der Waals surface area (Å²) in [6.07, 6.45) is 0. The summed E-state index contributed by atoms with van der Waals surface area (Å²) in [4.78, 5) is 0. The van der Waals surface area contributed by atoms with E-state index in [1.54, 1.807) is 0 Å². The molecule has 0 amide bonds. The highest BCUT2D eigenvalue weighted by atomic mass is 32.1. The molecular weight excluding hydrogens is 202 g/mol. The van der Waals surface area contributed by atoms with E-state index in [4.69, 9.17) is 11.5 Å². The van der Waals surface area contributed by atoms with Gasteiger partial charge >= 0.3 is 0 Å². The predicted molar refractivity (Wildman–Crippen MR) is 65.8 cm³/mol. The molecule has 0 bridgehead atoms. The lowest BCUT2D eigenvalue weighted by Gasteiger charge is -2.32. The molecule has 0 aromatic carbocycles. The maximum atomic E-state index is 5.93. The van der Waals surface area contributed by atoms with Crippen LogP contribution in [0.2, 0.25) is 0 Å². The summed E-state index contributed by atoms with van der Waals surface area (Å²) in [5, 5.41) is 3.31. The highest BCUT2D eigenvalue weighted by Crippen LogP contribution is 2.07. The predicted octanol–water partition coefficient (Wildman–Crippen LogP) is -0.130. The van der Waals surface area contributed by atoms with E-state index in [0.717, 1.165) is 0 Å². The lowest BCUT2D eigenvalue weighted by atomic mass is 10.0. The summed E-state index contributed by atoms with van der Waals surface area (Å²) < 4.78 is 0. The van der Waals surface area contributed by atoms with Crippen molar-refractivity contribution in [3.8, 4) is 0 Å². The molecule has 0 aromatic heterocycles. The third kappa shape index (κ3) is 5.12. The van der Waals surface area contributed by atoms with Crippen molar-refractivity contribution in [1.82, 2.24) is 5.32 Å². The maximum absolute atomic E-state index is 5.93. The van der Waals surface area contributed by atoms with Crippen LogP contribution >= 0.6 is 25.3 Å². The lowest BCUT2D eigenvalue weighted by Crippen LogP contribution is -2.58. The van der Waals surface area contributed by atoms with Crippen LogP contribution in [0.5, 0.6) is 0 Å². The van der Waals surface area contributed by atoms with E-state index in [1.165, 1.54) is 0 Å². The van der Waals surface area contributed by atoms with Crippen LogP contribution in [-0.2, 0) is 0 Å². The van der Waals surface area contributed by atoms with Gasteiger partial charge in [-0.15, -0.1) is 0 Å². The molecule has 2 atom stereocenters. The first-order valence-electron chi connectivity index (χ1n) is 4.35. The number of nitrogens with two attached hydrogens (primary N) is 2. The summed E-state index contributed by atoms with van der Waals surface area (Å²) in [6.45, 7) is 5.25. The summed E-state index contributed by atoms with van der Waals surface area (Å²) in [5.41, 5.74) is 11.1. The van der Waals surface area contributed by atoms with Crippen molar-refractivity contribution in [3.05, 3.63) is 0 Å². The average Bonchev–Trinajstić information content (AvgIpc) is 2.14. The zero-order chi connectivity index (χ0) is 10.5. The Balaban J connectivity index is 3.99. The fourth-order valence-corrected chi connectivity index (χ4v) is 1.02. The van der Waals surface area contributed by atoms with Gasteiger partial charge in [0.05, 0.1) is 0 Å². The van der Waals surface area contributed by atoms with Crippen LogP contribution in [0.3, 0.4) is 0 Å². The Hall–Kier alpha value is 0.580. The van der Waals surface area contributed by atoms with Crippen LogP contribution in [0.1, 0.15) is 13.8 Å². The van der Waals surface area contributed by atoms with E-state index in [9.17, 15) is 0 Å². The smallest absolute Gasteiger partial charge is 0.0364 e. The molecule has 5 N–H and O–H groups in total. The highest BCUT2D eigenvalue weighted by molar-refractivity contribution is 7.80. The standard InChI is InChI=1S/C8H21N3S2/c1-7(10,5-12)4-11-8(2,3-9)6-13/h11-13H,3-6,9-10H2,1-2H3/t7-,8+/m0/s1. The number of rotatable bonds is 6. The van der Waals surface area contributed by atoms with E-state index in [-0.39, 0.29) is 11.1 Å². The van der Waals surface area contributed by atoms with Crippen molar-refractivity contribution in [2.24, 2.45) is 11.5 Å². The minimum absolute atomic E-state index is 0.132. The molecule has 13 heavy (non-hydrogen) atoms. The molecule has 0 spiro atoms. The second-order valence-corrected chi connectivity index (χ2v) is 4.72. The van der Waals surface area contributed by atoms with Crippen molar-refractivity contribution in [2.45, 2.75) is 24.9 Å². The molecular formula is C8H21N3S2. The Labute approximate surface area is 91.8 Å². The molecule has 80 valence electrons. The minimum Gasteiger partial charge on any atom is -0.329 e. The van der Waals surface area contributed by atoms with E-state index < -0.39 is 0 Å². The molecule has 0 saturated heterocycles. The average molecular weight is 223 g/mol. The van der Waals surface area contributed by atoms with Crippen LogP contribution in [0.4, 0.5) is 0 Å².